The molecule has 1 aromatic heterocycles. The lowest BCUT2D eigenvalue weighted by Crippen LogP contribution is -2.24. The van der Waals surface area contributed by atoms with Crippen molar-refractivity contribution >= 4 is 43.2 Å². The van der Waals surface area contributed by atoms with E-state index in [1.807, 2.05) is 6.07 Å². The van der Waals surface area contributed by atoms with E-state index in [0.717, 1.165) is 33.2 Å². The fraction of sp³-hybridized carbons (Fsp3) is 0.333. The van der Waals surface area contributed by atoms with Crippen molar-refractivity contribution in [1.82, 2.24) is 5.32 Å². The Hall–Kier alpha value is -0.230. The molecule has 1 heterocycles. The molecule has 0 amide bonds. The van der Waals surface area contributed by atoms with Gasteiger partial charge in [-0.25, -0.2) is 4.39 Å². The van der Waals surface area contributed by atoms with E-state index in [1.165, 1.54) is 17.0 Å². The third-order valence-corrected chi connectivity index (χ3v) is 5.35. The second-order valence-electron chi connectivity index (χ2n) is 4.58. The zero-order valence-corrected chi connectivity index (χ0v) is 15.1. The number of hydrogen-bond donors (Lipinski definition) is 1. The lowest BCUT2D eigenvalue weighted by molar-refractivity contribution is 0.528. The maximum absolute atomic E-state index is 13.2. The van der Waals surface area contributed by atoms with Crippen LogP contribution in [0, 0.1) is 5.82 Å². The van der Waals surface area contributed by atoms with E-state index in [9.17, 15) is 4.39 Å². The van der Waals surface area contributed by atoms with Gasteiger partial charge in [-0.05, 0) is 58.7 Å². The van der Waals surface area contributed by atoms with Gasteiger partial charge in [-0.3, -0.25) is 0 Å². The van der Waals surface area contributed by atoms with E-state index in [2.05, 4.69) is 56.2 Å². The van der Waals surface area contributed by atoms with Crippen LogP contribution in [0.15, 0.2) is 38.6 Å². The summed E-state index contributed by atoms with van der Waals surface area (Å²) >= 11 is 8.71. The molecule has 0 aliphatic rings. The number of rotatable bonds is 6. The average molecular weight is 421 g/mol. The van der Waals surface area contributed by atoms with Gasteiger partial charge in [-0.1, -0.05) is 28.9 Å². The zero-order chi connectivity index (χ0) is 14.5. The Morgan fingerprint density at radius 3 is 2.65 bits per heavy atom. The molecule has 1 atom stereocenters. The number of hydrogen-bond acceptors (Lipinski definition) is 2. The highest BCUT2D eigenvalue weighted by Crippen LogP contribution is 2.30. The molecule has 108 valence electrons. The Bertz CT molecular complexity index is 571. The van der Waals surface area contributed by atoms with Gasteiger partial charge in [-0.15, -0.1) is 11.3 Å². The van der Waals surface area contributed by atoms with E-state index in [4.69, 9.17) is 0 Å². The Morgan fingerprint density at radius 1 is 1.25 bits per heavy atom. The van der Waals surface area contributed by atoms with Crippen LogP contribution in [0.1, 0.15) is 29.8 Å². The van der Waals surface area contributed by atoms with Gasteiger partial charge in [0.05, 0.1) is 3.79 Å². The molecule has 0 aliphatic heterocycles. The number of benzene rings is 1. The summed E-state index contributed by atoms with van der Waals surface area (Å²) in [5.41, 5.74) is 1.10. The van der Waals surface area contributed by atoms with Gasteiger partial charge in [0, 0.05) is 21.8 Å². The van der Waals surface area contributed by atoms with E-state index in [-0.39, 0.29) is 11.9 Å². The molecule has 0 radical (unpaired) electrons. The van der Waals surface area contributed by atoms with Crippen molar-refractivity contribution in [2.24, 2.45) is 0 Å². The lowest BCUT2D eigenvalue weighted by Gasteiger charge is -2.20. The van der Waals surface area contributed by atoms with Crippen LogP contribution in [0.2, 0.25) is 0 Å². The SMILES string of the molecule is CCCNC(Cc1ccc(Br)s1)c1ccc(F)cc1Br. The highest BCUT2D eigenvalue weighted by molar-refractivity contribution is 9.11. The first-order chi connectivity index (χ1) is 9.60. The van der Waals surface area contributed by atoms with Crippen LogP contribution >= 0.6 is 43.2 Å². The van der Waals surface area contributed by atoms with Crippen molar-refractivity contribution in [2.45, 2.75) is 25.8 Å². The maximum Gasteiger partial charge on any atom is 0.124 e. The molecule has 0 bridgehead atoms. The second kappa shape index (κ2) is 7.69. The van der Waals surface area contributed by atoms with Crippen LogP contribution in [-0.2, 0) is 6.42 Å². The fourth-order valence-corrected chi connectivity index (χ4v) is 4.21. The van der Waals surface area contributed by atoms with Crippen LogP contribution in [0.4, 0.5) is 4.39 Å². The number of halogens is 3. The summed E-state index contributed by atoms with van der Waals surface area (Å²) in [5.74, 6) is -0.214. The van der Waals surface area contributed by atoms with Crippen molar-refractivity contribution in [3.8, 4) is 0 Å². The van der Waals surface area contributed by atoms with E-state index in [1.54, 1.807) is 11.3 Å². The zero-order valence-electron chi connectivity index (χ0n) is 11.1. The van der Waals surface area contributed by atoms with Gasteiger partial charge in [0.2, 0.25) is 0 Å². The first kappa shape index (κ1) is 16.1. The molecule has 1 nitrogen and oxygen atoms in total. The van der Waals surface area contributed by atoms with Gasteiger partial charge in [0.25, 0.3) is 0 Å². The van der Waals surface area contributed by atoms with Gasteiger partial charge in [0.1, 0.15) is 5.82 Å². The predicted octanol–water partition coefficient (Wildman–Crippen LogP) is 5.70. The van der Waals surface area contributed by atoms with Gasteiger partial charge >= 0.3 is 0 Å². The standard InChI is InChI=1S/C15H16Br2FNS/c1-2-7-19-14(9-11-4-6-15(17)20-11)12-5-3-10(18)8-13(12)16/h3-6,8,14,19H,2,7,9H2,1H3. The largest absolute Gasteiger partial charge is 0.310 e. The molecule has 0 spiro atoms. The Labute approximate surface area is 139 Å². The van der Waals surface area contributed by atoms with Crippen LogP contribution in [0.5, 0.6) is 0 Å². The van der Waals surface area contributed by atoms with Crippen LogP contribution in [0.25, 0.3) is 0 Å². The average Bonchev–Trinajstić information content (AvgIpc) is 2.80. The quantitative estimate of drug-likeness (QED) is 0.632. The molecule has 0 saturated carbocycles. The summed E-state index contributed by atoms with van der Waals surface area (Å²) < 4.78 is 15.2. The molecule has 0 aliphatic carbocycles. The molecular weight excluding hydrogens is 405 g/mol. The highest BCUT2D eigenvalue weighted by atomic mass is 79.9. The molecule has 2 rings (SSSR count). The minimum Gasteiger partial charge on any atom is -0.310 e. The molecule has 1 unspecified atom stereocenters. The van der Waals surface area contributed by atoms with Crippen molar-refractivity contribution < 1.29 is 4.39 Å². The second-order valence-corrected chi connectivity index (χ2v) is 7.98. The summed E-state index contributed by atoms with van der Waals surface area (Å²) in [6.07, 6.45) is 1.98. The van der Waals surface area contributed by atoms with Crippen molar-refractivity contribution in [3.05, 3.63) is 54.8 Å². The minimum atomic E-state index is -0.214. The monoisotopic (exact) mass is 419 g/mol. The number of nitrogens with one attached hydrogen (secondary N) is 1. The summed E-state index contributed by atoms with van der Waals surface area (Å²) in [4.78, 5) is 1.31. The van der Waals surface area contributed by atoms with Gasteiger partial charge in [-0.2, -0.15) is 0 Å². The van der Waals surface area contributed by atoms with Crippen LogP contribution in [0.3, 0.4) is 0 Å². The molecule has 0 fully saturated rings. The summed E-state index contributed by atoms with van der Waals surface area (Å²) in [6.45, 7) is 3.09. The molecule has 1 N–H and O–H groups in total. The predicted molar refractivity (Wildman–Crippen MR) is 90.9 cm³/mol. The smallest absolute Gasteiger partial charge is 0.124 e. The topological polar surface area (TPSA) is 12.0 Å². The van der Waals surface area contributed by atoms with E-state index < -0.39 is 0 Å². The van der Waals surface area contributed by atoms with Gasteiger partial charge in [0.15, 0.2) is 0 Å². The molecule has 2 aromatic rings. The lowest BCUT2D eigenvalue weighted by atomic mass is 10.0. The summed E-state index contributed by atoms with van der Waals surface area (Å²) in [7, 11) is 0. The minimum absolute atomic E-state index is 0.190. The molecule has 1 aromatic carbocycles. The van der Waals surface area contributed by atoms with E-state index >= 15 is 0 Å². The van der Waals surface area contributed by atoms with Crippen LogP contribution < -0.4 is 5.32 Å². The van der Waals surface area contributed by atoms with E-state index in [0.29, 0.717) is 0 Å². The van der Waals surface area contributed by atoms with Crippen molar-refractivity contribution in [3.63, 3.8) is 0 Å². The van der Waals surface area contributed by atoms with Crippen molar-refractivity contribution in [1.29, 1.82) is 0 Å². The Morgan fingerprint density at radius 2 is 2.05 bits per heavy atom. The molecule has 20 heavy (non-hydrogen) atoms. The normalized spacial score (nSPS) is 12.6. The van der Waals surface area contributed by atoms with Crippen LogP contribution in [-0.4, -0.2) is 6.54 Å². The highest BCUT2D eigenvalue weighted by Gasteiger charge is 2.16. The summed E-state index contributed by atoms with van der Waals surface area (Å²) in [6, 6.07) is 9.29. The fourth-order valence-electron chi connectivity index (χ4n) is 2.06. The third kappa shape index (κ3) is 4.38. The first-order valence-corrected chi connectivity index (χ1v) is 8.93. The van der Waals surface area contributed by atoms with Gasteiger partial charge < -0.3 is 5.32 Å². The van der Waals surface area contributed by atoms with Crippen molar-refractivity contribution in [2.75, 3.05) is 6.54 Å². The molecule has 0 saturated heterocycles. The Kier molecular flexibility index (Phi) is 6.20. The molecular formula is C15H16Br2FNS. The molecule has 5 heteroatoms. The maximum atomic E-state index is 13.2. The summed E-state index contributed by atoms with van der Waals surface area (Å²) in [5, 5.41) is 3.54. The Balaban J connectivity index is 2.22. The third-order valence-electron chi connectivity index (χ3n) is 3.01. The first-order valence-electron chi connectivity index (χ1n) is 6.52. The number of thiophene rings is 1.